The second-order valence-corrected chi connectivity index (χ2v) is 5.47. The van der Waals surface area contributed by atoms with Crippen LogP contribution in [0.2, 0.25) is 0 Å². The molecule has 1 unspecified atom stereocenters. The van der Waals surface area contributed by atoms with E-state index in [-0.39, 0.29) is 0 Å². The van der Waals surface area contributed by atoms with Gasteiger partial charge in [-0.05, 0) is 75.2 Å². The number of hydrogen-bond donors (Lipinski definition) is 1. The molecule has 0 aromatic heterocycles. The van der Waals surface area contributed by atoms with Crippen LogP contribution in [0.1, 0.15) is 31.7 Å². The van der Waals surface area contributed by atoms with Gasteiger partial charge in [0, 0.05) is 0 Å². The van der Waals surface area contributed by atoms with Crippen LogP contribution in [0.25, 0.3) is 0 Å². The molecule has 0 bridgehead atoms. The largest absolute Gasteiger partial charge is 0.506 e. The highest BCUT2D eigenvalue weighted by atomic mass is 127. The molecule has 0 saturated carbocycles. The van der Waals surface area contributed by atoms with Crippen molar-refractivity contribution in [1.29, 1.82) is 0 Å². The Kier molecular flexibility index (Phi) is 4.28. The zero-order chi connectivity index (χ0) is 10.0. The lowest BCUT2D eigenvalue weighted by atomic mass is 9.99. The Morgan fingerprint density at radius 2 is 1.77 bits per heavy atom. The van der Waals surface area contributed by atoms with Crippen molar-refractivity contribution in [2.75, 3.05) is 0 Å². The third-order valence-electron chi connectivity index (χ3n) is 2.22. The second kappa shape index (κ2) is 4.82. The smallest absolute Gasteiger partial charge is 0.142 e. The maximum atomic E-state index is 9.57. The molecule has 1 atom stereocenters. The second-order valence-electron chi connectivity index (χ2n) is 3.14. The molecule has 1 N–H and O–H groups in total. The molecule has 0 saturated heterocycles. The van der Waals surface area contributed by atoms with Gasteiger partial charge < -0.3 is 5.11 Å². The molecule has 0 fully saturated rings. The van der Waals surface area contributed by atoms with Crippen molar-refractivity contribution < 1.29 is 5.11 Å². The van der Waals surface area contributed by atoms with Gasteiger partial charge in [0.1, 0.15) is 5.75 Å². The van der Waals surface area contributed by atoms with E-state index in [1.54, 1.807) is 0 Å². The molecule has 3 heteroatoms. The molecule has 1 rings (SSSR count). The minimum absolute atomic E-state index is 0.410. The predicted molar refractivity (Wildman–Crippen MR) is 72.2 cm³/mol. The summed E-state index contributed by atoms with van der Waals surface area (Å²) in [6.07, 6.45) is 1.14. The molecule has 0 amide bonds. The minimum Gasteiger partial charge on any atom is -0.506 e. The highest BCUT2D eigenvalue weighted by molar-refractivity contribution is 14.1. The molecule has 1 nitrogen and oxygen atoms in total. The molecule has 0 aliphatic rings. The van der Waals surface area contributed by atoms with Crippen LogP contribution in [0, 0.1) is 7.14 Å². The van der Waals surface area contributed by atoms with Crippen LogP contribution in [0.15, 0.2) is 12.1 Å². The van der Waals surface area contributed by atoms with Gasteiger partial charge in [-0.1, -0.05) is 13.8 Å². The van der Waals surface area contributed by atoms with E-state index < -0.39 is 0 Å². The van der Waals surface area contributed by atoms with Gasteiger partial charge in [-0.25, -0.2) is 0 Å². The van der Waals surface area contributed by atoms with Crippen molar-refractivity contribution in [2.45, 2.75) is 26.2 Å². The van der Waals surface area contributed by atoms with Gasteiger partial charge >= 0.3 is 0 Å². The fourth-order valence-corrected chi connectivity index (χ4v) is 2.92. The molecule has 0 heterocycles. The summed E-state index contributed by atoms with van der Waals surface area (Å²) in [5, 5.41) is 9.57. The third-order valence-corrected chi connectivity index (χ3v) is 3.87. The molecular weight excluding hydrogens is 390 g/mol. The van der Waals surface area contributed by atoms with Crippen molar-refractivity contribution in [1.82, 2.24) is 0 Å². The Morgan fingerprint density at radius 3 is 2.15 bits per heavy atom. The first-order chi connectivity index (χ1) is 6.06. The SMILES string of the molecule is CCC(C)c1cc(I)c(O)c(I)c1. The van der Waals surface area contributed by atoms with Crippen LogP contribution in [0.5, 0.6) is 5.75 Å². The standard InChI is InChI=1S/C10H12I2O/c1-3-6(2)7-4-8(11)10(13)9(12)5-7/h4-6,13H,3H2,1-2H3. The summed E-state index contributed by atoms with van der Waals surface area (Å²) in [7, 11) is 0. The van der Waals surface area contributed by atoms with Crippen molar-refractivity contribution >= 4 is 45.2 Å². The van der Waals surface area contributed by atoms with Gasteiger partial charge in [0.25, 0.3) is 0 Å². The monoisotopic (exact) mass is 402 g/mol. The predicted octanol–water partition coefficient (Wildman–Crippen LogP) is 4.11. The van der Waals surface area contributed by atoms with E-state index >= 15 is 0 Å². The maximum absolute atomic E-state index is 9.57. The first kappa shape index (κ1) is 11.6. The Morgan fingerprint density at radius 1 is 1.31 bits per heavy atom. The third kappa shape index (κ3) is 2.71. The Hall–Kier alpha value is 0.480. The van der Waals surface area contributed by atoms with E-state index in [1.165, 1.54) is 5.56 Å². The lowest BCUT2D eigenvalue weighted by Crippen LogP contribution is -1.93. The number of phenolic OH excluding ortho intramolecular Hbond substituents is 1. The van der Waals surface area contributed by atoms with Crippen LogP contribution in [-0.4, -0.2) is 5.11 Å². The van der Waals surface area contributed by atoms with E-state index in [9.17, 15) is 5.11 Å². The number of benzene rings is 1. The molecule has 1 aromatic rings. The van der Waals surface area contributed by atoms with Gasteiger partial charge in [-0.3, -0.25) is 0 Å². The van der Waals surface area contributed by atoms with Gasteiger partial charge in [-0.15, -0.1) is 0 Å². The van der Waals surface area contributed by atoms with E-state index in [2.05, 4.69) is 71.2 Å². The number of halogens is 2. The molecule has 0 spiro atoms. The number of phenols is 1. The van der Waals surface area contributed by atoms with Crippen molar-refractivity contribution in [3.8, 4) is 5.75 Å². The molecule has 0 radical (unpaired) electrons. The van der Waals surface area contributed by atoms with Crippen LogP contribution < -0.4 is 0 Å². The van der Waals surface area contributed by atoms with Crippen molar-refractivity contribution in [3.63, 3.8) is 0 Å². The lowest BCUT2D eigenvalue weighted by molar-refractivity contribution is 0.467. The fourth-order valence-electron chi connectivity index (χ4n) is 1.11. The molecule has 1 aromatic carbocycles. The quantitative estimate of drug-likeness (QED) is 0.739. The summed E-state index contributed by atoms with van der Waals surface area (Å²) in [4.78, 5) is 0. The number of hydrogen-bond acceptors (Lipinski definition) is 1. The highest BCUT2D eigenvalue weighted by Crippen LogP contribution is 2.31. The van der Waals surface area contributed by atoms with Crippen LogP contribution >= 0.6 is 45.2 Å². The topological polar surface area (TPSA) is 20.2 Å². The first-order valence-corrected chi connectivity index (χ1v) is 6.40. The van der Waals surface area contributed by atoms with E-state index in [1.807, 2.05) is 0 Å². The van der Waals surface area contributed by atoms with Crippen molar-refractivity contribution in [2.24, 2.45) is 0 Å². The zero-order valence-corrected chi connectivity index (χ0v) is 12.0. The molecule has 72 valence electrons. The van der Waals surface area contributed by atoms with Gasteiger partial charge in [-0.2, -0.15) is 0 Å². The summed E-state index contributed by atoms with van der Waals surface area (Å²) in [5.41, 5.74) is 1.31. The fraction of sp³-hybridized carbons (Fsp3) is 0.400. The normalized spacial score (nSPS) is 12.9. The highest BCUT2D eigenvalue weighted by Gasteiger charge is 2.09. The molecule has 0 aliphatic heterocycles. The van der Waals surface area contributed by atoms with Crippen LogP contribution in [0.4, 0.5) is 0 Å². The Balaban J connectivity index is 3.13. The van der Waals surface area contributed by atoms with Gasteiger partial charge in [0.2, 0.25) is 0 Å². The molecule has 0 aliphatic carbocycles. The van der Waals surface area contributed by atoms with Gasteiger partial charge in [0.15, 0.2) is 0 Å². The molecule has 13 heavy (non-hydrogen) atoms. The van der Waals surface area contributed by atoms with E-state index in [0.717, 1.165) is 13.6 Å². The first-order valence-electron chi connectivity index (χ1n) is 4.24. The summed E-state index contributed by atoms with van der Waals surface area (Å²) < 4.78 is 1.89. The van der Waals surface area contributed by atoms with Crippen molar-refractivity contribution in [3.05, 3.63) is 24.8 Å². The van der Waals surface area contributed by atoms with E-state index in [0.29, 0.717) is 11.7 Å². The lowest BCUT2D eigenvalue weighted by Gasteiger charge is -2.11. The van der Waals surface area contributed by atoms with Gasteiger partial charge in [0.05, 0.1) is 7.14 Å². The molecular formula is C10H12I2O. The van der Waals surface area contributed by atoms with Crippen LogP contribution in [-0.2, 0) is 0 Å². The summed E-state index contributed by atoms with van der Waals surface area (Å²) in [6.45, 7) is 4.38. The zero-order valence-electron chi connectivity index (χ0n) is 7.64. The average Bonchev–Trinajstić information content (AvgIpc) is 2.12. The average molecular weight is 402 g/mol. The van der Waals surface area contributed by atoms with Crippen LogP contribution in [0.3, 0.4) is 0 Å². The van der Waals surface area contributed by atoms with E-state index in [4.69, 9.17) is 0 Å². The summed E-state index contributed by atoms with van der Waals surface area (Å²) in [6, 6.07) is 4.12. The Labute approximate surface area is 106 Å². The summed E-state index contributed by atoms with van der Waals surface area (Å²) in [5.74, 6) is 0.982. The maximum Gasteiger partial charge on any atom is 0.142 e. The number of aromatic hydroxyl groups is 1. The number of rotatable bonds is 2. The summed E-state index contributed by atoms with van der Waals surface area (Å²) >= 11 is 4.34. The Bertz CT molecular complexity index is 287. The minimum atomic E-state index is 0.410.